The van der Waals surface area contributed by atoms with E-state index in [1.165, 1.54) is 6.26 Å². The van der Waals surface area contributed by atoms with Crippen LogP contribution in [0.4, 0.5) is 0 Å². The third kappa shape index (κ3) is 2.35. The largest absolute Gasteiger partial charge is 0.459 e. The lowest BCUT2D eigenvalue weighted by molar-refractivity contribution is 0.0846. The van der Waals surface area contributed by atoms with E-state index in [0.717, 1.165) is 5.56 Å². The minimum Gasteiger partial charge on any atom is -0.459 e. The smallest absolute Gasteiger partial charge is 0.287 e. The molecule has 0 radical (unpaired) electrons. The first-order valence-corrected chi connectivity index (χ1v) is 4.55. The molecule has 2 N–H and O–H groups in total. The van der Waals surface area contributed by atoms with Gasteiger partial charge in [0, 0.05) is 5.56 Å². The lowest BCUT2D eigenvalue weighted by Gasteiger charge is -2.15. The van der Waals surface area contributed by atoms with Gasteiger partial charge >= 0.3 is 0 Å². The van der Waals surface area contributed by atoms with Crippen LogP contribution < -0.4 is 5.32 Å². The van der Waals surface area contributed by atoms with Crippen molar-refractivity contribution >= 4 is 5.91 Å². The van der Waals surface area contributed by atoms with Gasteiger partial charge in [0.2, 0.25) is 0 Å². The zero-order valence-corrected chi connectivity index (χ0v) is 8.57. The van der Waals surface area contributed by atoms with Gasteiger partial charge in [-0.15, -0.1) is 0 Å². The van der Waals surface area contributed by atoms with Crippen molar-refractivity contribution in [3.63, 3.8) is 0 Å². The van der Waals surface area contributed by atoms with Gasteiger partial charge < -0.3 is 14.8 Å². The highest BCUT2D eigenvalue weighted by Crippen LogP contribution is 2.08. The van der Waals surface area contributed by atoms with Gasteiger partial charge in [-0.2, -0.15) is 0 Å². The fourth-order valence-electron chi connectivity index (χ4n) is 0.998. The summed E-state index contributed by atoms with van der Waals surface area (Å²) in [4.78, 5) is 11.5. The maximum absolute atomic E-state index is 11.5. The number of nitrogens with one attached hydrogen (secondary N) is 1. The number of rotatable bonds is 3. The standard InChI is InChI=1S/C10H15NO3/c1-6-4-5-14-9(6)10(13)11-7(2)8(3)12/h4-5,7-8,12H,1-3H3,(H,11,13). The molecule has 1 rings (SSSR count). The summed E-state index contributed by atoms with van der Waals surface area (Å²) in [6, 6.07) is 1.44. The second-order valence-electron chi connectivity index (χ2n) is 3.44. The Morgan fingerprint density at radius 2 is 2.21 bits per heavy atom. The summed E-state index contributed by atoms with van der Waals surface area (Å²) in [6.07, 6.45) is 0.895. The van der Waals surface area contributed by atoms with Crippen molar-refractivity contribution in [2.75, 3.05) is 0 Å². The number of carbonyl (C=O) groups excluding carboxylic acids is 1. The van der Waals surface area contributed by atoms with Crippen LogP contribution in [-0.2, 0) is 0 Å². The highest BCUT2D eigenvalue weighted by atomic mass is 16.3. The van der Waals surface area contributed by atoms with Gasteiger partial charge in [-0.3, -0.25) is 4.79 Å². The van der Waals surface area contributed by atoms with Crippen LogP contribution in [0, 0.1) is 6.92 Å². The van der Waals surface area contributed by atoms with E-state index >= 15 is 0 Å². The first-order chi connectivity index (χ1) is 6.52. The fraction of sp³-hybridized carbons (Fsp3) is 0.500. The average molecular weight is 197 g/mol. The van der Waals surface area contributed by atoms with Gasteiger partial charge in [0.05, 0.1) is 18.4 Å². The number of hydrogen-bond acceptors (Lipinski definition) is 3. The van der Waals surface area contributed by atoms with E-state index in [1.807, 2.05) is 0 Å². The third-order valence-corrected chi connectivity index (χ3v) is 2.15. The van der Waals surface area contributed by atoms with Crippen molar-refractivity contribution in [3.8, 4) is 0 Å². The van der Waals surface area contributed by atoms with E-state index in [4.69, 9.17) is 4.42 Å². The molecule has 0 aliphatic rings. The van der Waals surface area contributed by atoms with Gasteiger partial charge in [0.15, 0.2) is 5.76 Å². The fourth-order valence-corrected chi connectivity index (χ4v) is 0.998. The summed E-state index contributed by atoms with van der Waals surface area (Å²) in [5.41, 5.74) is 0.792. The summed E-state index contributed by atoms with van der Waals surface area (Å²) in [6.45, 7) is 5.16. The minimum atomic E-state index is -0.575. The van der Waals surface area contributed by atoms with Gasteiger partial charge in [0.1, 0.15) is 0 Å². The number of aliphatic hydroxyl groups excluding tert-OH is 1. The second-order valence-corrected chi connectivity index (χ2v) is 3.44. The molecule has 4 nitrogen and oxygen atoms in total. The van der Waals surface area contributed by atoms with Crippen molar-refractivity contribution in [3.05, 3.63) is 23.7 Å². The summed E-state index contributed by atoms with van der Waals surface area (Å²) in [5.74, 6) is 0.0124. The average Bonchev–Trinajstić information content (AvgIpc) is 2.51. The maximum Gasteiger partial charge on any atom is 0.287 e. The molecule has 1 heterocycles. The molecule has 0 saturated heterocycles. The summed E-state index contributed by atoms with van der Waals surface area (Å²) < 4.78 is 5.01. The summed E-state index contributed by atoms with van der Waals surface area (Å²) in [5, 5.41) is 11.8. The molecule has 1 aromatic rings. The predicted molar refractivity (Wildman–Crippen MR) is 52.1 cm³/mol. The van der Waals surface area contributed by atoms with Crippen LogP contribution in [0.1, 0.15) is 30.0 Å². The Balaban J connectivity index is 2.64. The molecule has 1 amide bonds. The van der Waals surface area contributed by atoms with Crippen LogP contribution >= 0.6 is 0 Å². The van der Waals surface area contributed by atoms with Crippen molar-refractivity contribution in [2.24, 2.45) is 0 Å². The van der Waals surface area contributed by atoms with Crippen LogP contribution in [0.3, 0.4) is 0 Å². The first kappa shape index (κ1) is 10.8. The number of amides is 1. The molecule has 0 aromatic carbocycles. The van der Waals surface area contributed by atoms with Crippen LogP contribution in [-0.4, -0.2) is 23.2 Å². The van der Waals surface area contributed by atoms with Gasteiger partial charge in [-0.05, 0) is 26.8 Å². The Morgan fingerprint density at radius 1 is 1.57 bits per heavy atom. The number of aliphatic hydroxyl groups is 1. The van der Waals surface area contributed by atoms with Crippen molar-refractivity contribution < 1.29 is 14.3 Å². The molecule has 14 heavy (non-hydrogen) atoms. The minimum absolute atomic E-state index is 0.285. The molecular formula is C10H15NO3. The van der Waals surface area contributed by atoms with E-state index < -0.39 is 6.10 Å². The van der Waals surface area contributed by atoms with Crippen LogP contribution in [0.15, 0.2) is 16.7 Å². The van der Waals surface area contributed by atoms with Gasteiger partial charge in [-0.1, -0.05) is 0 Å². The Kier molecular flexibility index (Phi) is 3.30. The first-order valence-electron chi connectivity index (χ1n) is 4.55. The number of hydrogen-bond donors (Lipinski definition) is 2. The zero-order chi connectivity index (χ0) is 10.7. The number of carbonyl (C=O) groups is 1. The molecule has 0 spiro atoms. The van der Waals surface area contributed by atoms with Crippen molar-refractivity contribution in [2.45, 2.75) is 32.9 Å². The van der Waals surface area contributed by atoms with E-state index in [0.29, 0.717) is 5.76 Å². The van der Waals surface area contributed by atoms with Crippen LogP contribution in [0.25, 0.3) is 0 Å². The zero-order valence-electron chi connectivity index (χ0n) is 8.57. The van der Waals surface area contributed by atoms with Crippen LogP contribution in [0.2, 0.25) is 0 Å². The van der Waals surface area contributed by atoms with E-state index in [1.54, 1.807) is 26.8 Å². The maximum atomic E-state index is 11.5. The lowest BCUT2D eigenvalue weighted by atomic mass is 10.2. The van der Waals surface area contributed by atoms with Crippen molar-refractivity contribution in [1.29, 1.82) is 0 Å². The Labute approximate surface area is 82.9 Å². The summed E-state index contributed by atoms with van der Waals surface area (Å²) in [7, 11) is 0. The van der Waals surface area contributed by atoms with E-state index in [-0.39, 0.29) is 11.9 Å². The number of furan rings is 1. The van der Waals surface area contributed by atoms with Gasteiger partial charge in [0.25, 0.3) is 5.91 Å². The lowest BCUT2D eigenvalue weighted by Crippen LogP contribution is -2.39. The highest BCUT2D eigenvalue weighted by molar-refractivity contribution is 5.92. The van der Waals surface area contributed by atoms with E-state index in [9.17, 15) is 9.90 Å². The molecule has 4 heteroatoms. The second kappa shape index (κ2) is 4.28. The molecule has 78 valence electrons. The molecule has 0 saturated carbocycles. The third-order valence-electron chi connectivity index (χ3n) is 2.15. The molecule has 2 unspecified atom stereocenters. The molecule has 0 bridgehead atoms. The normalized spacial score (nSPS) is 14.9. The van der Waals surface area contributed by atoms with E-state index in [2.05, 4.69) is 5.32 Å². The Hall–Kier alpha value is -1.29. The SMILES string of the molecule is Cc1ccoc1C(=O)NC(C)C(C)O. The Morgan fingerprint density at radius 3 is 2.64 bits per heavy atom. The molecule has 0 fully saturated rings. The van der Waals surface area contributed by atoms with Crippen LogP contribution in [0.5, 0.6) is 0 Å². The predicted octanol–water partition coefficient (Wildman–Crippen LogP) is 1.09. The molecule has 0 aliphatic carbocycles. The molecule has 2 atom stereocenters. The number of aryl methyl sites for hydroxylation is 1. The van der Waals surface area contributed by atoms with Crippen molar-refractivity contribution in [1.82, 2.24) is 5.32 Å². The quantitative estimate of drug-likeness (QED) is 0.762. The Bertz CT molecular complexity index is 317. The molecular weight excluding hydrogens is 182 g/mol. The topological polar surface area (TPSA) is 62.5 Å². The highest BCUT2D eigenvalue weighted by Gasteiger charge is 2.17. The monoisotopic (exact) mass is 197 g/mol. The molecule has 1 aromatic heterocycles. The van der Waals surface area contributed by atoms with Gasteiger partial charge in [-0.25, -0.2) is 0 Å². The summed E-state index contributed by atoms with van der Waals surface area (Å²) >= 11 is 0. The molecule has 0 aliphatic heterocycles.